The number of nitrogens with zero attached hydrogens (tertiary/aromatic N) is 4. The Bertz CT molecular complexity index is 977. The molecule has 3 rings (SSSR count). The Balaban J connectivity index is 1.96. The second kappa shape index (κ2) is 13.6. The number of likely N-dealkylation sites (tertiary alicyclic amines) is 1. The van der Waals surface area contributed by atoms with Gasteiger partial charge in [-0.15, -0.1) is 0 Å². The Morgan fingerprint density at radius 3 is 1.95 bits per heavy atom. The number of aliphatic hydroxyl groups excluding tert-OH is 1. The highest BCUT2D eigenvalue weighted by molar-refractivity contribution is 6.77. The lowest BCUT2D eigenvalue weighted by molar-refractivity contribution is -0.0472. The zero-order valence-corrected chi connectivity index (χ0v) is 24.2. The SMILES string of the molecule is CC(C)[Si](OC[C@@H]1[C@@H](OCc2ccccc2)[C@H](O)[C@H](CN=[N+]=[N-])N1Cc1ccccc1)(C(C)C)C(C)C. The maximum absolute atomic E-state index is 11.5. The van der Waals surface area contributed by atoms with E-state index in [-0.39, 0.29) is 18.6 Å². The molecule has 4 atom stereocenters. The molecule has 202 valence electrons. The second-order valence-corrected chi connectivity index (χ2v) is 16.5. The van der Waals surface area contributed by atoms with Crippen LogP contribution in [-0.2, 0) is 22.3 Å². The van der Waals surface area contributed by atoms with Gasteiger partial charge in [-0.25, -0.2) is 0 Å². The zero-order chi connectivity index (χ0) is 27.0. The average Bonchev–Trinajstić information content (AvgIpc) is 3.11. The molecule has 0 amide bonds. The molecule has 2 aromatic carbocycles. The highest BCUT2D eigenvalue weighted by Gasteiger charge is 2.51. The molecule has 0 spiro atoms. The van der Waals surface area contributed by atoms with Crippen LogP contribution in [0.2, 0.25) is 16.6 Å². The van der Waals surface area contributed by atoms with Crippen LogP contribution in [0, 0.1) is 0 Å². The van der Waals surface area contributed by atoms with Crippen molar-refractivity contribution >= 4 is 8.32 Å². The van der Waals surface area contributed by atoms with Crippen LogP contribution in [-0.4, -0.2) is 55.8 Å². The molecule has 0 aromatic heterocycles. The average molecular weight is 525 g/mol. The van der Waals surface area contributed by atoms with Gasteiger partial charge in [-0.05, 0) is 33.3 Å². The maximum Gasteiger partial charge on any atom is 0.200 e. The van der Waals surface area contributed by atoms with Crippen LogP contribution in [0.25, 0.3) is 10.4 Å². The minimum absolute atomic E-state index is 0.174. The van der Waals surface area contributed by atoms with E-state index in [1.54, 1.807) is 0 Å². The summed E-state index contributed by atoms with van der Waals surface area (Å²) in [5, 5.41) is 15.4. The van der Waals surface area contributed by atoms with E-state index in [9.17, 15) is 5.11 Å². The van der Waals surface area contributed by atoms with E-state index < -0.39 is 20.5 Å². The van der Waals surface area contributed by atoms with Crippen LogP contribution < -0.4 is 0 Å². The largest absolute Gasteiger partial charge is 0.414 e. The molecule has 1 aliphatic heterocycles. The highest BCUT2D eigenvalue weighted by Crippen LogP contribution is 2.43. The highest BCUT2D eigenvalue weighted by atomic mass is 28.4. The van der Waals surface area contributed by atoms with E-state index in [1.165, 1.54) is 0 Å². The predicted molar refractivity (Wildman–Crippen MR) is 152 cm³/mol. The molecule has 0 bridgehead atoms. The summed E-state index contributed by atoms with van der Waals surface area (Å²) in [5.41, 5.74) is 12.6. The molecule has 0 aliphatic carbocycles. The maximum atomic E-state index is 11.5. The van der Waals surface area contributed by atoms with Crippen LogP contribution in [0.3, 0.4) is 0 Å². The van der Waals surface area contributed by atoms with Crippen LogP contribution in [0.4, 0.5) is 0 Å². The summed E-state index contributed by atoms with van der Waals surface area (Å²) < 4.78 is 13.5. The Morgan fingerprint density at radius 2 is 1.43 bits per heavy atom. The smallest absolute Gasteiger partial charge is 0.200 e. The summed E-state index contributed by atoms with van der Waals surface area (Å²) in [6, 6.07) is 19.7. The van der Waals surface area contributed by atoms with Crippen LogP contribution >= 0.6 is 0 Å². The number of aliphatic hydroxyl groups is 1. The first-order valence-corrected chi connectivity index (χ1v) is 15.6. The van der Waals surface area contributed by atoms with Crippen molar-refractivity contribution in [2.75, 3.05) is 13.2 Å². The van der Waals surface area contributed by atoms with Gasteiger partial charge in [0.25, 0.3) is 0 Å². The molecule has 1 aliphatic rings. The first kappa shape index (κ1) is 29.4. The van der Waals surface area contributed by atoms with Crippen molar-refractivity contribution in [3.05, 3.63) is 82.2 Å². The minimum Gasteiger partial charge on any atom is -0.414 e. The number of hydrogen-bond acceptors (Lipinski definition) is 5. The molecule has 8 heteroatoms. The molecule has 7 nitrogen and oxygen atoms in total. The normalized spacial score (nSPS) is 22.6. The first-order valence-electron chi connectivity index (χ1n) is 13.5. The van der Waals surface area contributed by atoms with Crippen molar-refractivity contribution in [2.24, 2.45) is 5.11 Å². The molecular weight excluding hydrogens is 480 g/mol. The molecule has 0 saturated carbocycles. The third kappa shape index (κ3) is 6.82. The molecule has 1 heterocycles. The summed E-state index contributed by atoms with van der Waals surface area (Å²) in [7, 11) is -2.15. The van der Waals surface area contributed by atoms with E-state index in [4.69, 9.17) is 14.7 Å². The Morgan fingerprint density at radius 1 is 0.892 bits per heavy atom. The van der Waals surface area contributed by atoms with Gasteiger partial charge in [0.05, 0.1) is 25.4 Å². The van der Waals surface area contributed by atoms with E-state index in [2.05, 4.69) is 68.6 Å². The number of hydrogen-bond donors (Lipinski definition) is 1. The topological polar surface area (TPSA) is 90.7 Å². The van der Waals surface area contributed by atoms with Gasteiger partial charge < -0.3 is 14.3 Å². The van der Waals surface area contributed by atoms with Gasteiger partial charge >= 0.3 is 0 Å². The lowest BCUT2D eigenvalue weighted by atomic mass is 10.1. The number of benzene rings is 2. The molecule has 1 fully saturated rings. The van der Waals surface area contributed by atoms with Gasteiger partial charge in [-0.2, -0.15) is 0 Å². The number of rotatable bonds is 13. The fourth-order valence-corrected chi connectivity index (χ4v) is 11.8. The molecule has 0 unspecified atom stereocenters. The quantitative estimate of drug-likeness (QED) is 0.137. The minimum atomic E-state index is -2.15. The molecule has 1 saturated heterocycles. The van der Waals surface area contributed by atoms with Crippen molar-refractivity contribution in [3.8, 4) is 0 Å². The van der Waals surface area contributed by atoms with E-state index in [1.807, 2.05) is 48.5 Å². The van der Waals surface area contributed by atoms with Crippen molar-refractivity contribution in [1.82, 2.24) is 4.90 Å². The summed E-state index contributed by atoms with van der Waals surface area (Å²) >= 11 is 0. The van der Waals surface area contributed by atoms with Gasteiger partial charge in [0, 0.05) is 24.0 Å². The van der Waals surface area contributed by atoms with E-state index >= 15 is 0 Å². The summed E-state index contributed by atoms with van der Waals surface area (Å²) in [5.74, 6) is 0. The van der Waals surface area contributed by atoms with Crippen molar-refractivity contribution in [3.63, 3.8) is 0 Å². The molecule has 37 heavy (non-hydrogen) atoms. The standard InChI is InChI=1S/C29H44N4O3Si/c1-21(2)37(22(3)4,23(5)6)36-20-27-29(35-19-25-15-11-8-12-16-25)28(34)26(17-31-32-30)33(27)18-24-13-9-7-10-14-24/h7-16,21-23,26-29,34H,17-20H2,1-6H3/t26-,27+,28+,29+/m0/s1. The molecule has 0 radical (unpaired) electrons. The van der Waals surface area contributed by atoms with Gasteiger partial charge in [-0.3, -0.25) is 4.90 Å². The van der Waals surface area contributed by atoms with Crippen molar-refractivity contribution < 1.29 is 14.3 Å². The fraction of sp³-hybridized carbons (Fsp3) is 0.586. The van der Waals surface area contributed by atoms with Crippen LogP contribution in [0.1, 0.15) is 52.7 Å². The summed E-state index contributed by atoms with van der Waals surface area (Å²) in [4.78, 5) is 5.24. The van der Waals surface area contributed by atoms with Crippen LogP contribution in [0.5, 0.6) is 0 Å². The van der Waals surface area contributed by atoms with Crippen LogP contribution in [0.15, 0.2) is 65.8 Å². The van der Waals surface area contributed by atoms with Crippen molar-refractivity contribution in [1.29, 1.82) is 0 Å². The Hall–Kier alpha value is -2.19. The predicted octanol–water partition coefficient (Wildman–Crippen LogP) is 6.69. The molecule has 1 N–H and O–H groups in total. The van der Waals surface area contributed by atoms with Gasteiger partial charge in [-0.1, -0.05) is 107 Å². The van der Waals surface area contributed by atoms with Crippen molar-refractivity contribution in [2.45, 2.75) is 95.6 Å². The van der Waals surface area contributed by atoms with Gasteiger partial charge in [0.1, 0.15) is 6.10 Å². The van der Waals surface area contributed by atoms with Gasteiger partial charge in [0.15, 0.2) is 8.32 Å². The third-order valence-electron chi connectivity index (χ3n) is 8.00. The second-order valence-electron chi connectivity index (χ2n) is 11.1. The van der Waals surface area contributed by atoms with E-state index in [0.29, 0.717) is 36.4 Å². The zero-order valence-electron chi connectivity index (χ0n) is 23.2. The summed E-state index contributed by atoms with van der Waals surface area (Å²) in [6.07, 6.45) is -1.28. The molecule has 2 aromatic rings. The molecular formula is C29H44N4O3Si. The Kier molecular flexibility index (Phi) is 10.8. The third-order valence-corrected chi connectivity index (χ3v) is 14.1. The first-order chi connectivity index (χ1) is 17.7. The fourth-order valence-electron chi connectivity index (χ4n) is 6.34. The number of ether oxygens (including phenoxy) is 1. The number of azide groups is 1. The lowest BCUT2D eigenvalue weighted by Gasteiger charge is -2.44. The van der Waals surface area contributed by atoms with E-state index in [0.717, 1.165) is 11.1 Å². The summed E-state index contributed by atoms with van der Waals surface area (Å²) in [6.45, 7) is 15.4. The Labute approximate surface area is 223 Å². The monoisotopic (exact) mass is 524 g/mol. The van der Waals surface area contributed by atoms with Gasteiger partial charge in [0.2, 0.25) is 0 Å². The lowest BCUT2D eigenvalue weighted by Crippen LogP contribution is -2.52.